The molecule has 2 aromatic carbocycles. The summed E-state index contributed by atoms with van der Waals surface area (Å²) in [5.41, 5.74) is 11.3. The predicted molar refractivity (Wildman–Crippen MR) is 131 cm³/mol. The highest BCUT2D eigenvalue weighted by Gasteiger charge is 2.27. The Labute approximate surface area is 211 Å². The average molecular weight is 558 g/mol. The minimum Gasteiger partial charge on any atom is -0.488 e. The number of nitrogens with one attached hydrogen (secondary N) is 1. The van der Waals surface area contributed by atoms with Crippen LogP contribution in [0.2, 0.25) is 0 Å². The number of ether oxygens (including phenoxy) is 2. The molecule has 192 valence electrons. The van der Waals surface area contributed by atoms with Crippen LogP contribution in [0.1, 0.15) is 11.1 Å². The highest BCUT2D eigenvalue weighted by Crippen LogP contribution is 2.41. The molecule has 0 saturated heterocycles. The van der Waals surface area contributed by atoms with Gasteiger partial charge in [-0.3, -0.25) is 0 Å². The number of sulfonamides is 1. The van der Waals surface area contributed by atoms with Crippen LogP contribution >= 0.6 is 19.6 Å². The van der Waals surface area contributed by atoms with Gasteiger partial charge in [0.1, 0.15) is 29.3 Å². The van der Waals surface area contributed by atoms with Crippen molar-refractivity contribution >= 4 is 39.7 Å². The van der Waals surface area contributed by atoms with Crippen LogP contribution < -0.4 is 30.2 Å². The second-order valence-electron chi connectivity index (χ2n) is 7.07. The van der Waals surface area contributed by atoms with E-state index in [1.54, 1.807) is 25.1 Å². The van der Waals surface area contributed by atoms with Crippen molar-refractivity contribution in [3.8, 4) is 23.3 Å². The van der Waals surface area contributed by atoms with Crippen molar-refractivity contribution in [3.63, 3.8) is 0 Å². The third-order valence-corrected chi connectivity index (χ3v) is 8.56. The van der Waals surface area contributed by atoms with Crippen LogP contribution in [0.3, 0.4) is 0 Å². The Morgan fingerprint density at radius 3 is 2.42 bits per heavy atom. The van der Waals surface area contributed by atoms with Crippen molar-refractivity contribution in [2.24, 2.45) is 11.5 Å². The second kappa shape index (κ2) is 12.4. The second-order valence-corrected chi connectivity index (χ2v) is 11.0. The first-order chi connectivity index (χ1) is 17.2. The van der Waals surface area contributed by atoms with Gasteiger partial charge < -0.3 is 20.9 Å². The summed E-state index contributed by atoms with van der Waals surface area (Å²) in [5, 5.41) is 9.38. The fourth-order valence-corrected chi connectivity index (χ4v) is 6.29. The van der Waals surface area contributed by atoms with E-state index in [2.05, 4.69) is 4.72 Å². The van der Waals surface area contributed by atoms with E-state index in [9.17, 15) is 17.4 Å². The van der Waals surface area contributed by atoms with Crippen molar-refractivity contribution in [3.05, 3.63) is 47.3 Å². The maximum Gasteiger partial charge on any atom is 0.751 e. The zero-order valence-corrected chi connectivity index (χ0v) is 21.6. The quantitative estimate of drug-likeness (QED) is 0.209. The molecule has 0 aliphatic carbocycles. The van der Waals surface area contributed by atoms with E-state index >= 15 is 0 Å². The van der Waals surface area contributed by atoms with Gasteiger partial charge in [0.2, 0.25) is 0 Å². The highest BCUT2D eigenvalue weighted by atomic mass is 32.2. The van der Waals surface area contributed by atoms with Crippen molar-refractivity contribution in [1.29, 1.82) is 5.26 Å². The molecule has 1 atom stereocenters. The highest BCUT2D eigenvalue weighted by molar-refractivity contribution is 7.91. The van der Waals surface area contributed by atoms with E-state index in [0.717, 1.165) is 23.5 Å². The van der Waals surface area contributed by atoms with Crippen LogP contribution in [-0.4, -0.2) is 41.5 Å². The summed E-state index contributed by atoms with van der Waals surface area (Å²) >= 11 is 1.01. The molecule has 3 aromatic rings. The van der Waals surface area contributed by atoms with E-state index in [0.29, 0.717) is 27.1 Å². The molecule has 0 radical (unpaired) electrons. The smallest absolute Gasteiger partial charge is 0.488 e. The number of nitrogens with zero attached hydrogens (tertiary/aromatic N) is 1. The van der Waals surface area contributed by atoms with Crippen LogP contribution in [-0.2, 0) is 19.1 Å². The minimum absolute atomic E-state index is 0.0205. The summed E-state index contributed by atoms with van der Waals surface area (Å²) in [6.07, 6.45) is 0. The molecular formula is C21H23FN4O7PS2+. The van der Waals surface area contributed by atoms with Gasteiger partial charge in [0.15, 0.2) is 24.0 Å². The van der Waals surface area contributed by atoms with Gasteiger partial charge >= 0.3 is 8.25 Å². The van der Waals surface area contributed by atoms with E-state index in [1.807, 2.05) is 0 Å². The van der Waals surface area contributed by atoms with E-state index in [-0.39, 0.29) is 41.8 Å². The first-order valence-electron chi connectivity index (χ1n) is 10.4. The minimum atomic E-state index is -4.05. The van der Waals surface area contributed by atoms with Crippen LogP contribution in [0, 0.1) is 24.1 Å². The van der Waals surface area contributed by atoms with Crippen molar-refractivity contribution < 1.29 is 35.9 Å². The lowest BCUT2D eigenvalue weighted by Crippen LogP contribution is -2.25. The van der Waals surface area contributed by atoms with Crippen molar-refractivity contribution in [2.45, 2.75) is 11.1 Å². The fourth-order valence-electron chi connectivity index (χ4n) is 3.00. The van der Waals surface area contributed by atoms with E-state index in [1.165, 1.54) is 6.07 Å². The van der Waals surface area contributed by atoms with Gasteiger partial charge in [0, 0.05) is 39.9 Å². The summed E-state index contributed by atoms with van der Waals surface area (Å²) in [7, 11) is -6.88. The van der Waals surface area contributed by atoms with E-state index in [4.69, 9.17) is 35.3 Å². The Balaban J connectivity index is 1.72. The lowest BCUT2D eigenvalue weighted by Gasteiger charge is -2.12. The molecule has 0 bridgehead atoms. The molecular weight excluding hydrogens is 534 g/mol. The molecule has 1 aromatic heterocycles. The molecule has 0 amide bonds. The Hall–Kier alpha value is -2.89. The molecule has 0 spiro atoms. The number of hydrogen-bond donors (Lipinski definition) is 3. The molecule has 1 heterocycles. The molecule has 0 fully saturated rings. The number of nitrogens with two attached hydrogens (primary N) is 2. The summed E-state index contributed by atoms with van der Waals surface area (Å²) in [6.45, 7) is 2.03. The molecule has 0 aliphatic rings. The number of fused-ring (bicyclic) bond motifs is 1. The fraction of sp³-hybridized carbons (Fsp3) is 0.286. The van der Waals surface area contributed by atoms with Gasteiger partial charge in [0.05, 0.1) is 5.56 Å². The molecule has 3 rings (SSSR count). The zero-order chi connectivity index (χ0) is 26.3. The van der Waals surface area contributed by atoms with E-state index < -0.39 is 30.8 Å². The Bertz CT molecular complexity index is 1410. The van der Waals surface area contributed by atoms with Gasteiger partial charge in [-0.05, 0) is 30.7 Å². The topological polar surface area (TPSA) is 176 Å². The van der Waals surface area contributed by atoms with Gasteiger partial charge in [-0.25, -0.2) is 17.3 Å². The predicted octanol–water partition coefficient (Wildman–Crippen LogP) is 2.88. The van der Waals surface area contributed by atoms with Crippen molar-refractivity contribution in [2.75, 3.05) is 33.0 Å². The first-order valence-corrected chi connectivity index (χ1v) is 13.8. The monoisotopic (exact) mass is 557 g/mol. The number of benzene rings is 2. The largest absolute Gasteiger partial charge is 0.751 e. The third-order valence-electron chi connectivity index (χ3n) is 4.61. The Morgan fingerprint density at radius 1 is 1.14 bits per heavy atom. The number of aryl methyl sites for hydroxylation is 1. The molecule has 1 unspecified atom stereocenters. The van der Waals surface area contributed by atoms with Crippen LogP contribution in [0.5, 0.6) is 17.2 Å². The molecule has 0 aliphatic heterocycles. The Kier molecular flexibility index (Phi) is 9.52. The SMILES string of the molecule is Cc1c(S(=O)(=O)NCO[P+](=O)Oc2ccc(C#N)c(F)c2)sc2cc(OCCN)c(OCCN)cc12. The van der Waals surface area contributed by atoms with Gasteiger partial charge in [0.25, 0.3) is 10.0 Å². The Morgan fingerprint density at radius 2 is 1.81 bits per heavy atom. The summed E-state index contributed by atoms with van der Waals surface area (Å²) in [6, 6.07) is 8.26. The van der Waals surface area contributed by atoms with Gasteiger partial charge in [-0.1, -0.05) is 4.52 Å². The van der Waals surface area contributed by atoms with Crippen LogP contribution in [0.4, 0.5) is 4.39 Å². The number of halogens is 1. The molecule has 36 heavy (non-hydrogen) atoms. The summed E-state index contributed by atoms with van der Waals surface area (Å²) < 4.78 is 75.4. The average Bonchev–Trinajstić information content (AvgIpc) is 3.17. The molecule has 0 saturated carbocycles. The molecule has 15 heteroatoms. The summed E-state index contributed by atoms with van der Waals surface area (Å²) in [4.78, 5) is 0. The molecule has 5 N–H and O–H groups in total. The number of hydrogen-bond acceptors (Lipinski definition) is 11. The first kappa shape index (κ1) is 27.7. The third kappa shape index (κ3) is 6.65. The van der Waals surface area contributed by atoms with Crippen LogP contribution in [0.15, 0.2) is 34.5 Å². The number of thiophene rings is 1. The zero-order valence-electron chi connectivity index (χ0n) is 19.0. The van der Waals surface area contributed by atoms with Gasteiger partial charge in [-0.15, -0.1) is 11.3 Å². The molecule has 11 nitrogen and oxygen atoms in total. The summed E-state index contributed by atoms with van der Waals surface area (Å²) in [5.74, 6) is -0.171. The maximum atomic E-state index is 13.6. The maximum absolute atomic E-state index is 13.6. The number of rotatable bonds is 13. The normalized spacial score (nSPS) is 11.8. The van der Waals surface area contributed by atoms with Crippen molar-refractivity contribution in [1.82, 2.24) is 4.72 Å². The lowest BCUT2D eigenvalue weighted by molar-refractivity contribution is 0.278. The number of nitriles is 1. The van der Waals surface area contributed by atoms with Gasteiger partial charge in [-0.2, -0.15) is 9.98 Å². The lowest BCUT2D eigenvalue weighted by atomic mass is 10.2. The van der Waals surface area contributed by atoms with Crippen LogP contribution in [0.25, 0.3) is 10.1 Å². The standard InChI is InChI=1S/C21H23FN4O7PS2/c1-13-16-9-18(30-6-4-23)19(31-7-5-24)10-20(16)35-21(13)36(28,29)26-12-32-34(27)33-15-3-2-14(11-25)17(22)8-15/h2-3,8-10,26H,4-7,12,23-24H2,1H3/q+1.